The summed E-state index contributed by atoms with van der Waals surface area (Å²) in [5.41, 5.74) is 1.30. The van der Waals surface area contributed by atoms with Crippen molar-refractivity contribution in [3.05, 3.63) is 24.0 Å². The molecular weight excluding hydrogens is 324 g/mol. The van der Waals surface area contributed by atoms with Crippen molar-refractivity contribution in [3.63, 3.8) is 0 Å². The van der Waals surface area contributed by atoms with Crippen LogP contribution in [0.25, 0.3) is 5.69 Å². The Morgan fingerprint density at radius 3 is 2.64 bits per heavy atom. The lowest BCUT2D eigenvalue weighted by Gasteiger charge is -2.35. The number of amides is 2. The van der Waals surface area contributed by atoms with Gasteiger partial charge >= 0.3 is 6.03 Å². The molecule has 0 unspecified atom stereocenters. The van der Waals surface area contributed by atoms with Crippen LogP contribution in [0.5, 0.6) is 5.75 Å². The molecule has 2 aromatic rings. The van der Waals surface area contributed by atoms with E-state index in [2.05, 4.69) is 20.8 Å². The second-order valence-corrected chi connectivity index (χ2v) is 6.12. The van der Waals surface area contributed by atoms with Crippen LogP contribution in [0.2, 0.25) is 0 Å². The zero-order chi connectivity index (χ0) is 18.0. The summed E-state index contributed by atoms with van der Waals surface area (Å²) in [4.78, 5) is 14.3. The first-order chi connectivity index (χ1) is 12.0. The highest BCUT2D eigenvalue weighted by atomic mass is 16.5. The fourth-order valence-electron chi connectivity index (χ4n) is 2.93. The summed E-state index contributed by atoms with van der Waals surface area (Å²) in [5.74, 6) is 1.24. The van der Waals surface area contributed by atoms with Crippen molar-refractivity contribution >= 4 is 11.7 Å². The smallest absolute Gasteiger partial charge is 0.322 e. The van der Waals surface area contributed by atoms with Crippen molar-refractivity contribution in [2.75, 3.05) is 25.5 Å². The molecule has 1 aliphatic heterocycles. The number of nitrogens with one attached hydrogen (secondary N) is 1. The molecule has 2 atom stereocenters. The van der Waals surface area contributed by atoms with Gasteiger partial charge in [-0.1, -0.05) is 0 Å². The van der Waals surface area contributed by atoms with Crippen molar-refractivity contribution in [1.29, 1.82) is 0 Å². The van der Waals surface area contributed by atoms with Crippen LogP contribution in [0.1, 0.15) is 19.7 Å². The summed E-state index contributed by atoms with van der Waals surface area (Å²) in [6.45, 7) is 6.83. The quantitative estimate of drug-likeness (QED) is 0.907. The Labute approximate surface area is 145 Å². The first-order valence-corrected chi connectivity index (χ1v) is 8.12. The lowest BCUT2D eigenvalue weighted by molar-refractivity contribution is -0.0530. The number of aromatic nitrogens is 4. The van der Waals surface area contributed by atoms with Gasteiger partial charge in [-0.2, -0.15) is 4.68 Å². The highest BCUT2D eigenvalue weighted by molar-refractivity contribution is 5.90. The van der Waals surface area contributed by atoms with Crippen molar-refractivity contribution < 1.29 is 14.3 Å². The Morgan fingerprint density at radius 1 is 1.32 bits per heavy atom. The van der Waals surface area contributed by atoms with E-state index in [4.69, 9.17) is 9.47 Å². The molecule has 1 aliphatic rings. The van der Waals surface area contributed by atoms with Crippen LogP contribution in [0, 0.1) is 6.92 Å². The highest BCUT2D eigenvalue weighted by Gasteiger charge is 2.26. The normalized spacial score (nSPS) is 20.4. The average Bonchev–Trinajstić information content (AvgIpc) is 2.99. The van der Waals surface area contributed by atoms with E-state index in [0.717, 1.165) is 0 Å². The highest BCUT2D eigenvalue weighted by Crippen LogP contribution is 2.26. The predicted molar refractivity (Wildman–Crippen MR) is 91.0 cm³/mol. The van der Waals surface area contributed by atoms with Gasteiger partial charge in [0, 0.05) is 18.8 Å². The summed E-state index contributed by atoms with van der Waals surface area (Å²) >= 11 is 0. The van der Waals surface area contributed by atoms with Crippen LogP contribution >= 0.6 is 0 Å². The summed E-state index contributed by atoms with van der Waals surface area (Å²) in [6.07, 6.45) is 0.0367. The maximum Gasteiger partial charge on any atom is 0.322 e. The number of anilines is 1. The first-order valence-electron chi connectivity index (χ1n) is 8.12. The number of benzene rings is 1. The number of carbonyl (C=O) groups is 1. The second kappa shape index (κ2) is 7.06. The number of carbonyl (C=O) groups excluding carboxylic acids is 1. The van der Waals surface area contributed by atoms with Gasteiger partial charge in [0.2, 0.25) is 0 Å². The molecule has 0 bridgehead atoms. The van der Waals surface area contributed by atoms with Crippen LogP contribution < -0.4 is 10.1 Å². The van der Waals surface area contributed by atoms with Gasteiger partial charge in [0.15, 0.2) is 5.82 Å². The number of morpholine rings is 1. The molecule has 0 spiro atoms. The van der Waals surface area contributed by atoms with Gasteiger partial charge in [0.1, 0.15) is 11.4 Å². The van der Waals surface area contributed by atoms with Crippen molar-refractivity contribution in [2.45, 2.75) is 33.0 Å². The molecule has 1 aromatic heterocycles. The van der Waals surface area contributed by atoms with Crippen molar-refractivity contribution in [3.8, 4) is 11.4 Å². The van der Waals surface area contributed by atoms with E-state index < -0.39 is 0 Å². The minimum Gasteiger partial charge on any atom is -0.494 e. The molecule has 2 heterocycles. The maximum atomic E-state index is 12.6. The minimum absolute atomic E-state index is 0.0183. The third-order valence-electron chi connectivity index (χ3n) is 3.99. The minimum atomic E-state index is -0.161. The Morgan fingerprint density at radius 2 is 2.04 bits per heavy atom. The summed E-state index contributed by atoms with van der Waals surface area (Å²) in [7, 11) is 1.58. The zero-order valence-corrected chi connectivity index (χ0v) is 14.8. The molecule has 1 N–H and O–H groups in total. The molecule has 9 heteroatoms. The number of tetrazole rings is 1. The van der Waals surface area contributed by atoms with Crippen LogP contribution in [0.3, 0.4) is 0 Å². The molecule has 9 nitrogen and oxygen atoms in total. The van der Waals surface area contributed by atoms with Gasteiger partial charge < -0.3 is 19.7 Å². The molecule has 25 heavy (non-hydrogen) atoms. The van der Waals surface area contributed by atoms with Gasteiger partial charge in [-0.05, 0) is 49.4 Å². The summed E-state index contributed by atoms with van der Waals surface area (Å²) < 4.78 is 12.6. The van der Waals surface area contributed by atoms with E-state index in [9.17, 15) is 4.79 Å². The van der Waals surface area contributed by atoms with E-state index in [1.165, 1.54) is 0 Å². The predicted octanol–water partition coefficient (Wildman–Crippen LogP) is 1.62. The number of hydrogen-bond donors (Lipinski definition) is 1. The van der Waals surface area contributed by atoms with E-state index in [0.29, 0.717) is 36.0 Å². The summed E-state index contributed by atoms with van der Waals surface area (Å²) in [5, 5.41) is 14.4. The monoisotopic (exact) mass is 346 g/mol. The lowest BCUT2D eigenvalue weighted by Crippen LogP contribution is -2.49. The molecule has 0 aliphatic carbocycles. The number of methoxy groups -OCH3 is 1. The molecule has 2 amide bonds. The number of aryl methyl sites for hydroxylation is 1. The van der Waals surface area contributed by atoms with Crippen LogP contribution in [-0.2, 0) is 4.74 Å². The van der Waals surface area contributed by atoms with Gasteiger partial charge in [0.25, 0.3) is 0 Å². The zero-order valence-electron chi connectivity index (χ0n) is 14.8. The number of ether oxygens (including phenoxy) is 2. The standard InChI is InChI=1S/C16H22N6O3/c1-10-8-21(9-11(2)25-10)16(23)17-13-5-6-15(24-4)14(7-13)22-12(3)18-19-20-22/h5-7,10-11H,8-9H2,1-4H3,(H,17,23)/t10-,11-/m1/s1. The topological polar surface area (TPSA) is 94.4 Å². The molecule has 0 radical (unpaired) electrons. The third kappa shape index (κ3) is 3.71. The Kier molecular flexibility index (Phi) is 4.84. The fraction of sp³-hybridized carbons (Fsp3) is 0.500. The fourth-order valence-corrected chi connectivity index (χ4v) is 2.93. The third-order valence-corrected chi connectivity index (χ3v) is 3.99. The average molecular weight is 346 g/mol. The molecule has 1 saturated heterocycles. The molecular formula is C16H22N6O3. The van der Waals surface area contributed by atoms with Crippen molar-refractivity contribution in [2.24, 2.45) is 0 Å². The number of nitrogens with zero attached hydrogens (tertiary/aromatic N) is 5. The Hall–Kier alpha value is -2.68. The molecule has 3 rings (SSSR count). The lowest BCUT2D eigenvalue weighted by atomic mass is 10.2. The van der Waals surface area contributed by atoms with Crippen molar-refractivity contribution in [1.82, 2.24) is 25.1 Å². The van der Waals surface area contributed by atoms with Crippen LogP contribution in [0.4, 0.5) is 10.5 Å². The molecule has 1 aromatic carbocycles. The Bertz CT molecular complexity index is 752. The van der Waals surface area contributed by atoms with Gasteiger partial charge in [-0.15, -0.1) is 5.10 Å². The van der Waals surface area contributed by atoms with Gasteiger partial charge in [-0.25, -0.2) is 4.79 Å². The van der Waals surface area contributed by atoms with E-state index >= 15 is 0 Å². The van der Waals surface area contributed by atoms with E-state index in [1.54, 1.807) is 41.8 Å². The largest absolute Gasteiger partial charge is 0.494 e. The maximum absolute atomic E-state index is 12.6. The van der Waals surface area contributed by atoms with E-state index in [-0.39, 0.29) is 18.2 Å². The van der Waals surface area contributed by atoms with Crippen LogP contribution in [-0.4, -0.2) is 63.5 Å². The SMILES string of the molecule is COc1ccc(NC(=O)N2C[C@@H](C)O[C@H](C)C2)cc1-n1nnnc1C. The molecule has 0 saturated carbocycles. The second-order valence-electron chi connectivity index (χ2n) is 6.12. The van der Waals surface area contributed by atoms with Crippen LogP contribution in [0.15, 0.2) is 18.2 Å². The number of hydrogen-bond acceptors (Lipinski definition) is 6. The van der Waals surface area contributed by atoms with Gasteiger partial charge in [0.05, 0.1) is 19.3 Å². The summed E-state index contributed by atoms with van der Waals surface area (Å²) in [6, 6.07) is 5.18. The van der Waals surface area contributed by atoms with E-state index in [1.807, 2.05) is 13.8 Å². The number of rotatable bonds is 3. The van der Waals surface area contributed by atoms with Gasteiger partial charge in [-0.3, -0.25) is 0 Å². The molecule has 134 valence electrons. The number of urea groups is 1. The first kappa shape index (κ1) is 17.2. The molecule has 1 fully saturated rings. The Balaban J connectivity index is 1.81.